The summed E-state index contributed by atoms with van der Waals surface area (Å²) in [7, 11) is 1.96. The highest BCUT2D eigenvalue weighted by Crippen LogP contribution is 2.36. The molecule has 0 bridgehead atoms. The molecular weight excluding hydrogens is 458 g/mol. The second-order valence-corrected chi connectivity index (χ2v) is 8.82. The quantitative estimate of drug-likeness (QED) is 0.709. The Morgan fingerprint density at radius 1 is 1.42 bits per heavy atom. The summed E-state index contributed by atoms with van der Waals surface area (Å²) in [5.74, 6) is 0. The summed E-state index contributed by atoms with van der Waals surface area (Å²) in [6.07, 6.45) is 1.67. The summed E-state index contributed by atoms with van der Waals surface area (Å²) in [5.41, 5.74) is 9.67. The van der Waals surface area contributed by atoms with Crippen LogP contribution in [0.15, 0.2) is 18.1 Å². The van der Waals surface area contributed by atoms with Gasteiger partial charge in [0.05, 0.1) is 23.4 Å². The van der Waals surface area contributed by atoms with Crippen LogP contribution >= 0.6 is 59.1 Å². The minimum Gasteiger partial charge on any atom is -0.324 e. The Bertz CT molecular complexity index is 591. The lowest BCUT2D eigenvalue weighted by molar-refractivity contribution is 0.637. The van der Waals surface area contributed by atoms with Crippen LogP contribution in [0, 0.1) is 0 Å². The van der Waals surface area contributed by atoms with Crippen LogP contribution in [0.3, 0.4) is 0 Å². The van der Waals surface area contributed by atoms with Crippen molar-refractivity contribution in [3.63, 3.8) is 0 Å². The third kappa shape index (κ3) is 3.32. The van der Waals surface area contributed by atoms with Crippen LogP contribution in [0.25, 0.3) is 0 Å². The lowest BCUT2D eigenvalue weighted by atomic mass is 10.1. The van der Waals surface area contributed by atoms with Crippen molar-refractivity contribution in [2.75, 3.05) is 0 Å². The first-order valence-corrected chi connectivity index (χ1v) is 9.04. The number of thiophene rings is 1. The van der Waals surface area contributed by atoms with E-state index in [1.54, 1.807) is 11.3 Å². The normalized spacial score (nSPS) is 12.9. The smallest absolute Gasteiger partial charge is 0.0766 e. The Hall–Kier alpha value is 0.310. The van der Waals surface area contributed by atoms with Crippen molar-refractivity contribution in [1.82, 2.24) is 9.78 Å². The number of nitrogens with zero attached hydrogens (tertiary/aromatic N) is 2. The van der Waals surface area contributed by atoms with Gasteiger partial charge in [-0.2, -0.15) is 5.10 Å². The number of hydrogen-bond donors (Lipinski definition) is 1. The van der Waals surface area contributed by atoms with Crippen molar-refractivity contribution >= 4 is 59.1 Å². The fourth-order valence-corrected chi connectivity index (χ4v) is 5.74. The average molecular weight is 472 g/mol. The molecule has 1 atom stereocenters. The zero-order valence-electron chi connectivity index (χ0n) is 10.6. The topological polar surface area (TPSA) is 43.8 Å². The van der Waals surface area contributed by atoms with E-state index in [1.165, 1.54) is 0 Å². The molecule has 2 aromatic heterocycles. The van der Waals surface area contributed by atoms with Crippen LogP contribution in [0.2, 0.25) is 0 Å². The van der Waals surface area contributed by atoms with Crippen LogP contribution in [-0.4, -0.2) is 9.78 Å². The van der Waals surface area contributed by atoms with Crippen molar-refractivity contribution in [2.24, 2.45) is 12.8 Å². The molecule has 19 heavy (non-hydrogen) atoms. The number of halogens is 3. The summed E-state index contributed by atoms with van der Waals surface area (Å²) in [4.78, 5) is 0. The SMILES string of the molecule is CCc1nn(C)c(CC(N)c2cc(Br)sc2Br)c1Br. The van der Waals surface area contributed by atoms with Crippen molar-refractivity contribution in [3.05, 3.63) is 35.1 Å². The Labute approximate surface area is 142 Å². The Morgan fingerprint density at radius 3 is 2.58 bits per heavy atom. The summed E-state index contributed by atoms with van der Waals surface area (Å²) >= 11 is 12.3. The first kappa shape index (κ1) is 15.7. The maximum Gasteiger partial charge on any atom is 0.0766 e. The molecule has 0 aliphatic carbocycles. The van der Waals surface area contributed by atoms with E-state index in [0.29, 0.717) is 0 Å². The molecule has 104 valence electrons. The van der Waals surface area contributed by atoms with Gasteiger partial charge in [0.1, 0.15) is 0 Å². The third-order valence-corrected chi connectivity index (χ3v) is 6.30. The molecule has 2 N–H and O–H groups in total. The van der Waals surface area contributed by atoms with Crippen molar-refractivity contribution in [2.45, 2.75) is 25.8 Å². The van der Waals surface area contributed by atoms with Gasteiger partial charge in [-0.05, 0) is 65.8 Å². The highest BCUT2D eigenvalue weighted by molar-refractivity contribution is 9.12. The highest BCUT2D eigenvalue weighted by atomic mass is 79.9. The average Bonchev–Trinajstić information content (AvgIpc) is 2.82. The van der Waals surface area contributed by atoms with E-state index in [2.05, 4.69) is 65.9 Å². The Morgan fingerprint density at radius 2 is 2.11 bits per heavy atom. The fourth-order valence-electron chi connectivity index (χ4n) is 1.97. The van der Waals surface area contributed by atoms with Crippen LogP contribution in [-0.2, 0) is 19.9 Å². The molecule has 2 heterocycles. The molecule has 0 aliphatic heterocycles. The predicted octanol–water partition coefficient (Wildman–Crippen LogP) is 4.57. The van der Waals surface area contributed by atoms with Crippen LogP contribution in [0.5, 0.6) is 0 Å². The first-order valence-electron chi connectivity index (χ1n) is 5.84. The number of hydrogen-bond acceptors (Lipinski definition) is 3. The molecule has 3 nitrogen and oxygen atoms in total. The van der Waals surface area contributed by atoms with Gasteiger partial charge in [-0.15, -0.1) is 11.3 Å². The van der Waals surface area contributed by atoms with Gasteiger partial charge in [-0.3, -0.25) is 4.68 Å². The molecule has 0 saturated heterocycles. The number of rotatable bonds is 4. The fraction of sp³-hybridized carbons (Fsp3) is 0.417. The lowest BCUT2D eigenvalue weighted by Gasteiger charge is -2.11. The molecule has 7 heteroatoms. The van der Waals surface area contributed by atoms with Gasteiger partial charge in [0, 0.05) is 19.5 Å². The third-order valence-electron chi connectivity index (χ3n) is 3.00. The van der Waals surface area contributed by atoms with Crippen LogP contribution in [0.1, 0.15) is 29.9 Å². The van der Waals surface area contributed by atoms with Gasteiger partial charge >= 0.3 is 0 Å². The molecule has 0 radical (unpaired) electrons. The largest absolute Gasteiger partial charge is 0.324 e. The van der Waals surface area contributed by atoms with E-state index in [1.807, 2.05) is 11.7 Å². The maximum absolute atomic E-state index is 6.32. The van der Waals surface area contributed by atoms with Crippen molar-refractivity contribution in [3.8, 4) is 0 Å². The number of nitrogens with two attached hydrogens (primary N) is 1. The Kier molecular flexibility index (Phi) is 5.28. The zero-order chi connectivity index (χ0) is 14.2. The molecule has 0 amide bonds. The molecule has 1 unspecified atom stereocenters. The molecule has 0 saturated carbocycles. The standard InChI is InChI=1S/C12H14Br3N3S/c1-3-8-11(14)9(18(2)17-8)5-7(16)6-4-10(13)19-12(6)15/h4,7H,3,5,16H2,1-2H3. The monoisotopic (exact) mass is 469 g/mol. The van der Waals surface area contributed by atoms with E-state index in [9.17, 15) is 0 Å². The summed E-state index contributed by atoms with van der Waals surface area (Å²) < 4.78 is 5.17. The van der Waals surface area contributed by atoms with Gasteiger partial charge in [0.15, 0.2) is 0 Å². The number of aromatic nitrogens is 2. The van der Waals surface area contributed by atoms with Gasteiger partial charge in [0.2, 0.25) is 0 Å². The molecule has 2 rings (SSSR count). The van der Waals surface area contributed by atoms with Crippen molar-refractivity contribution in [1.29, 1.82) is 0 Å². The van der Waals surface area contributed by atoms with Gasteiger partial charge in [0.25, 0.3) is 0 Å². The second kappa shape index (κ2) is 6.39. The minimum atomic E-state index is -0.0478. The van der Waals surface area contributed by atoms with Crippen LogP contribution < -0.4 is 5.73 Å². The second-order valence-electron chi connectivity index (χ2n) is 4.27. The van der Waals surface area contributed by atoms with E-state index in [-0.39, 0.29) is 6.04 Å². The number of aryl methyl sites for hydroxylation is 2. The lowest BCUT2D eigenvalue weighted by Crippen LogP contribution is -2.15. The molecule has 0 aromatic carbocycles. The van der Waals surface area contributed by atoms with Gasteiger partial charge in [-0.25, -0.2) is 0 Å². The minimum absolute atomic E-state index is 0.0478. The first-order chi connectivity index (χ1) is 8.93. The van der Waals surface area contributed by atoms with Crippen LogP contribution in [0.4, 0.5) is 0 Å². The van der Waals surface area contributed by atoms with E-state index < -0.39 is 0 Å². The van der Waals surface area contributed by atoms with E-state index in [0.717, 1.165) is 41.8 Å². The summed E-state index contributed by atoms with van der Waals surface area (Å²) in [6.45, 7) is 2.10. The van der Waals surface area contributed by atoms with E-state index in [4.69, 9.17) is 5.73 Å². The molecule has 0 aliphatic rings. The van der Waals surface area contributed by atoms with E-state index >= 15 is 0 Å². The summed E-state index contributed by atoms with van der Waals surface area (Å²) in [6, 6.07) is 2.03. The Balaban J connectivity index is 2.26. The predicted molar refractivity (Wildman–Crippen MR) is 90.6 cm³/mol. The summed E-state index contributed by atoms with van der Waals surface area (Å²) in [5, 5.41) is 4.50. The zero-order valence-corrected chi connectivity index (χ0v) is 16.2. The maximum atomic E-state index is 6.32. The van der Waals surface area contributed by atoms with Gasteiger partial charge < -0.3 is 5.73 Å². The van der Waals surface area contributed by atoms with Gasteiger partial charge in [-0.1, -0.05) is 6.92 Å². The molecule has 0 fully saturated rings. The molecule has 0 spiro atoms. The highest BCUT2D eigenvalue weighted by Gasteiger charge is 2.19. The molecule has 2 aromatic rings. The molecular formula is C12H14Br3N3S. The van der Waals surface area contributed by atoms with Crippen molar-refractivity contribution < 1.29 is 0 Å².